The second-order valence-electron chi connectivity index (χ2n) is 4.59. The molecule has 2 aromatic carbocycles. The van der Waals surface area contributed by atoms with E-state index < -0.39 is 0 Å². The van der Waals surface area contributed by atoms with Crippen molar-refractivity contribution in [1.82, 2.24) is 0 Å². The first-order chi connectivity index (χ1) is 10.5. The summed E-state index contributed by atoms with van der Waals surface area (Å²) in [4.78, 5) is 14.6. The number of rotatable bonds is 2. The quantitative estimate of drug-likeness (QED) is 0.601. The van der Waals surface area contributed by atoms with Gasteiger partial charge < -0.3 is 5.11 Å². The Kier molecular flexibility index (Phi) is 4.33. The smallest absolute Gasteiger partial charge is 0.270 e. The van der Waals surface area contributed by atoms with Crippen molar-refractivity contribution in [3.05, 3.63) is 63.5 Å². The van der Waals surface area contributed by atoms with Crippen molar-refractivity contribution in [2.24, 2.45) is 0 Å². The SMILES string of the molecule is O=C1/C(=C/c2cccc(O)c2)SC(=S)N1c1cccc(Br)c1. The standard InChI is InChI=1S/C16H10BrNO2S2/c17-11-4-2-5-12(9-11)18-15(20)14(22-16(18)21)8-10-3-1-6-13(19)7-10/h1-9,19H/b14-8-. The zero-order valence-corrected chi connectivity index (χ0v) is 14.4. The van der Waals surface area contributed by atoms with Crippen LogP contribution in [0.2, 0.25) is 0 Å². The fraction of sp³-hybridized carbons (Fsp3) is 0. The minimum Gasteiger partial charge on any atom is -0.508 e. The normalized spacial score (nSPS) is 16.6. The minimum atomic E-state index is -0.156. The molecule has 3 nitrogen and oxygen atoms in total. The number of phenols is 1. The largest absolute Gasteiger partial charge is 0.508 e. The molecule has 0 bridgehead atoms. The van der Waals surface area contributed by atoms with Crippen molar-refractivity contribution in [3.63, 3.8) is 0 Å². The summed E-state index contributed by atoms with van der Waals surface area (Å²) in [5, 5.41) is 9.50. The van der Waals surface area contributed by atoms with E-state index in [1.54, 1.807) is 24.3 Å². The molecule has 0 aliphatic carbocycles. The first-order valence-corrected chi connectivity index (χ1v) is 8.39. The molecule has 1 saturated heterocycles. The molecule has 2 aromatic rings. The molecule has 0 aromatic heterocycles. The Morgan fingerprint density at radius 3 is 2.68 bits per heavy atom. The Morgan fingerprint density at radius 1 is 1.18 bits per heavy atom. The van der Waals surface area contributed by atoms with Crippen molar-refractivity contribution in [3.8, 4) is 5.75 Å². The predicted molar refractivity (Wildman–Crippen MR) is 97.9 cm³/mol. The molecule has 0 unspecified atom stereocenters. The van der Waals surface area contributed by atoms with E-state index in [9.17, 15) is 9.90 Å². The summed E-state index contributed by atoms with van der Waals surface area (Å²) in [6.45, 7) is 0. The monoisotopic (exact) mass is 391 g/mol. The highest BCUT2D eigenvalue weighted by atomic mass is 79.9. The highest BCUT2D eigenvalue weighted by Gasteiger charge is 2.33. The molecule has 0 saturated carbocycles. The fourth-order valence-electron chi connectivity index (χ4n) is 2.07. The van der Waals surface area contributed by atoms with E-state index in [2.05, 4.69) is 15.9 Å². The summed E-state index contributed by atoms with van der Waals surface area (Å²) in [5.41, 5.74) is 1.49. The summed E-state index contributed by atoms with van der Waals surface area (Å²) in [7, 11) is 0. The molecule has 1 aliphatic rings. The molecular formula is C16H10BrNO2S2. The van der Waals surface area contributed by atoms with Crippen molar-refractivity contribution >= 4 is 61.9 Å². The molecule has 1 aliphatic heterocycles. The number of amides is 1. The van der Waals surface area contributed by atoms with Gasteiger partial charge in [0.15, 0.2) is 4.32 Å². The van der Waals surface area contributed by atoms with E-state index in [4.69, 9.17) is 12.2 Å². The number of aromatic hydroxyl groups is 1. The molecule has 22 heavy (non-hydrogen) atoms. The molecule has 1 fully saturated rings. The summed E-state index contributed by atoms with van der Waals surface area (Å²) >= 11 is 9.98. The topological polar surface area (TPSA) is 40.5 Å². The number of hydrogen-bond donors (Lipinski definition) is 1. The zero-order valence-electron chi connectivity index (χ0n) is 11.2. The molecule has 1 N–H and O–H groups in total. The van der Waals surface area contributed by atoms with Crippen molar-refractivity contribution in [2.45, 2.75) is 0 Å². The van der Waals surface area contributed by atoms with Crippen LogP contribution in [0.4, 0.5) is 5.69 Å². The maximum atomic E-state index is 12.6. The van der Waals surface area contributed by atoms with Gasteiger partial charge in [0.05, 0.1) is 10.6 Å². The third kappa shape index (κ3) is 3.09. The summed E-state index contributed by atoms with van der Waals surface area (Å²) in [6, 6.07) is 14.2. The van der Waals surface area contributed by atoms with Gasteiger partial charge in [-0.3, -0.25) is 9.69 Å². The number of carbonyl (C=O) groups is 1. The number of hydrogen-bond acceptors (Lipinski definition) is 4. The lowest BCUT2D eigenvalue weighted by Gasteiger charge is -2.14. The maximum Gasteiger partial charge on any atom is 0.270 e. The van der Waals surface area contributed by atoms with Crippen LogP contribution >= 0.6 is 39.9 Å². The van der Waals surface area contributed by atoms with Crippen molar-refractivity contribution in [2.75, 3.05) is 4.90 Å². The Balaban J connectivity index is 1.95. The average molecular weight is 392 g/mol. The number of phenolic OH excluding ortho intramolecular Hbond substituents is 1. The molecule has 3 rings (SSSR count). The Labute approximate surface area is 145 Å². The Bertz CT molecular complexity index is 804. The number of thioether (sulfide) groups is 1. The number of halogens is 1. The van der Waals surface area contributed by atoms with E-state index in [1.807, 2.05) is 30.3 Å². The lowest BCUT2D eigenvalue weighted by atomic mass is 10.2. The summed E-state index contributed by atoms with van der Waals surface area (Å²) < 4.78 is 1.38. The molecule has 6 heteroatoms. The molecule has 0 radical (unpaired) electrons. The van der Waals surface area contributed by atoms with Gasteiger partial charge in [0, 0.05) is 4.47 Å². The maximum absolute atomic E-state index is 12.6. The van der Waals surface area contributed by atoms with Crippen LogP contribution in [0, 0.1) is 0 Å². The number of benzene rings is 2. The van der Waals surface area contributed by atoms with Gasteiger partial charge in [-0.2, -0.15) is 0 Å². The molecule has 110 valence electrons. The molecule has 0 spiro atoms. The second kappa shape index (κ2) is 6.24. The minimum absolute atomic E-state index is 0.156. The molecular weight excluding hydrogens is 382 g/mol. The first-order valence-electron chi connectivity index (χ1n) is 6.37. The lowest BCUT2D eigenvalue weighted by molar-refractivity contribution is -0.113. The van der Waals surface area contributed by atoms with E-state index in [-0.39, 0.29) is 11.7 Å². The average Bonchev–Trinajstić information content (AvgIpc) is 2.73. The highest BCUT2D eigenvalue weighted by molar-refractivity contribution is 9.10. The van der Waals surface area contributed by atoms with Crippen LogP contribution in [0.25, 0.3) is 6.08 Å². The van der Waals surface area contributed by atoms with Gasteiger partial charge in [0.25, 0.3) is 5.91 Å². The van der Waals surface area contributed by atoms with E-state index in [0.29, 0.717) is 9.23 Å². The van der Waals surface area contributed by atoms with E-state index in [0.717, 1.165) is 15.7 Å². The van der Waals surface area contributed by atoms with Crippen LogP contribution in [0.1, 0.15) is 5.56 Å². The van der Waals surface area contributed by atoms with Crippen LogP contribution in [-0.2, 0) is 4.79 Å². The van der Waals surface area contributed by atoms with Crippen LogP contribution in [0.3, 0.4) is 0 Å². The number of nitrogens with zero attached hydrogens (tertiary/aromatic N) is 1. The number of carbonyl (C=O) groups excluding carboxylic acids is 1. The van der Waals surface area contributed by atoms with Gasteiger partial charge in [-0.05, 0) is 42.0 Å². The Morgan fingerprint density at radius 2 is 1.95 bits per heavy atom. The molecule has 1 amide bonds. The third-order valence-electron chi connectivity index (χ3n) is 3.03. The Hall–Kier alpha value is -1.63. The first kappa shape index (κ1) is 15.3. The fourth-order valence-corrected chi connectivity index (χ4v) is 3.76. The van der Waals surface area contributed by atoms with Crippen LogP contribution in [-0.4, -0.2) is 15.3 Å². The lowest BCUT2D eigenvalue weighted by Crippen LogP contribution is -2.27. The molecule has 0 atom stereocenters. The zero-order chi connectivity index (χ0) is 15.7. The summed E-state index contributed by atoms with van der Waals surface area (Å²) in [5.74, 6) is 0.00709. The second-order valence-corrected chi connectivity index (χ2v) is 7.18. The van der Waals surface area contributed by atoms with Crippen LogP contribution in [0.15, 0.2) is 57.9 Å². The van der Waals surface area contributed by atoms with Gasteiger partial charge in [-0.15, -0.1) is 0 Å². The van der Waals surface area contributed by atoms with Crippen LogP contribution in [0.5, 0.6) is 5.75 Å². The predicted octanol–water partition coefficient (Wildman–Crippen LogP) is 4.56. The van der Waals surface area contributed by atoms with Gasteiger partial charge in [-0.25, -0.2) is 0 Å². The summed E-state index contributed by atoms with van der Waals surface area (Å²) in [6.07, 6.45) is 1.73. The van der Waals surface area contributed by atoms with Gasteiger partial charge in [-0.1, -0.05) is 58.1 Å². The van der Waals surface area contributed by atoms with Gasteiger partial charge in [0.2, 0.25) is 0 Å². The van der Waals surface area contributed by atoms with E-state index >= 15 is 0 Å². The van der Waals surface area contributed by atoms with Gasteiger partial charge in [0.1, 0.15) is 5.75 Å². The van der Waals surface area contributed by atoms with E-state index in [1.165, 1.54) is 16.7 Å². The highest BCUT2D eigenvalue weighted by Crippen LogP contribution is 2.36. The number of anilines is 1. The third-order valence-corrected chi connectivity index (χ3v) is 4.82. The van der Waals surface area contributed by atoms with Crippen LogP contribution < -0.4 is 4.90 Å². The number of thiocarbonyl (C=S) groups is 1. The molecule has 1 heterocycles. The van der Waals surface area contributed by atoms with Crippen molar-refractivity contribution < 1.29 is 9.90 Å². The van der Waals surface area contributed by atoms with Gasteiger partial charge >= 0.3 is 0 Å². The van der Waals surface area contributed by atoms with Crippen molar-refractivity contribution in [1.29, 1.82) is 0 Å².